The molecule has 2 atom stereocenters. The quantitative estimate of drug-likeness (QED) is 0.673. The Balaban J connectivity index is 2.43. The predicted molar refractivity (Wildman–Crippen MR) is 71.1 cm³/mol. The molecule has 2 rings (SSSR count). The van der Waals surface area contributed by atoms with E-state index < -0.39 is 16.8 Å². The minimum Gasteiger partial charge on any atom is -0.481 e. The van der Waals surface area contributed by atoms with Crippen LogP contribution in [0.2, 0.25) is 0 Å². The third kappa shape index (κ3) is 2.40. The maximum Gasteiger partial charge on any atom is 0.311 e. The Morgan fingerprint density at radius 1 is 1.63 bits per heavy atom. The molecule has 0 bridgehead atoms. The number of anilines is 1. The molecule has 1 N–H and O–H groups in total. The molecule has 1 aliphatic heterocycles. The molecule has 8 heteroatoms. The first kappa shape index (κ1) is 13.7. The Labute approximate surface area is 117 Å². The molecule has 0 aliphatic carbocycles. The van der Waals surface area contributed by atoms with E-state index in [1.165, 1.54) is 12.4 Å². The number of hydrogen-bond acceptors (Lipinski definition) is 5. The molecular weight excluding hydrogens is 318 g/mol. The van der Waals surface area contributed by atoms with Gasteiger partial charge in [-0.05, 0) is 29.3 Å². The maximum absolute atomic E-state index is 11.1. The van der Waals surface area contributed by atoms with E-state index in [4.69, 9.17) is 5.11 Å². The number of carbonyl (C=O) groups is 1. The topological polar surface area (TPSA) is 96.6 Å². The Hall–Kier alpha value is -1.70. The number of aromatic nitrogens is 1. The normalized spacial score (nSPS) is 22.5. The number of nitro groups is 1. The van der Waals surface area contributed by atoms with Gasteiger partial charge in [0.15, 0.2) is 0 Å². The Morgan fingerprint density at radius 3 is 2.84 bits per heavy atom. The predicted octanol–water partition coefficient (Wildman–Crippen LogP) is 2.05. The van der Waals surface area contributed by atoms with Crippen LogP contribution in [0.4, 0.5) is 11.4 Å². The van der Waals surface area contributed by atoms with Gasteiger partial charge in [0.1, 0.15) is 11.9 Å². The van der Waals surface area contributed by atoms with E-state index in [-0.39, 0.29) is 11.7 Å². The summed E-state index contributed by atoms with van der Waals surface area (Å²) in [5.74, 6) is -1.39. The molecule has 102 valence electrons. The van der Waals surface area contributed by atoms with Gasteiger partial charge >= 0.3 is 11.7 Å². The van der Waals surface area contributed by atoms with Gasteiger partial charge in [0, 0.05) is 18.8 Å². The summed E-state index contributed by atoms with van der Waals surface area (Å²) in [5.41, 5.74) is 0.281. The zero-order valence-corrected chi connectivity index (χ0v) is 11.7. The van der Waals surface area contributed by atoms with Gasteiger partial charge in [-0.15, -0.1) is 0 Å². The van der Waals surface area contributed by atoms with Crippen molar-refractivity contribution in [3.8, 4) is 0 Å². The van der Waals surface area contributed by atoms with Crippen LogP contribution in [0.3, 0.4) is 0 Å². The van der Waals surface area contributed by atoms with Gasteiger partial charge in [-0.25, -0.2) is 0 Å². The molecule has 1 saturated heterocycles. The summed E-state index contributed by atoms with van der Waals surface area (Å²) in [5, 5.41) is 20.2. The first-order valence-electron chi connectivity index (χ1n) is 5.70. The molecule has 0 amide bonds. The molecule has 1 aromatic heterocycles. The summed E-state index contributed by atoms with van der Waals surface area (Å²) < 4.78 is 0.500. The molecule has 0 aromatic carbocycles. The molecule has 0 saturated carbocycles. The van der Waals surface area contributed by atoms with E-state index in [9.17, 15) is 14.9 Å². The van der Waals surface area contributed by atoms with Crippen molar-refractivity contribution >= 4 is 33.3 Å². The molecule has 0 radical (unpaired) electrons. The van der Waals surface area contributed by atoms with E-state index in [2.05, 4.69) is 20.9 Å². The second-order valence-electron chi connectivity index (χ2n) is 4.41. The van der Waals surface area contributed by atoms with Gasteiger partial charge in [0.2, 0.25) is 0 Å². The fraction of sp³-hybridized carbons (Fsp3) is 0.455. The van der Waals surface area contributed by atoms with Crippen LogP contribution in [0, 0.1) is 16.0 Å². The van der Waals surface area contributed by atoms with Crippen LogP contribution in [0.5, 0.6) is 0 Å². The van der Waals surface area contributed by atoms with E-state index in [1.807, 2.05) is 0 Å². The van der Waals surface area contributed by atoms with Gasteiger partial charge in [-0.3, -0.25) is 19.9 Å². The van der Waals surface area contributed by atoms with Crippen LogP contribution >= 0.6 is 15.9 Å². The van der Waals surface area contributed by atoms with Crippen LogP contribution in [0.15, 0.2) is 16.9 Å². The summed E-state index contributed by atoms with van der Waals surface area (Å²) in [6.45, 7) is 2.24. The number of rotatable bonds is 3. The van der Waals surface area contributed by atoms with Crippen molar-refractivity contribution in [2.24, 2.45) is 5.92 Å². The zero-order chi connectivity index (χ0) is 14.2. The van der Waals surface area contributed by atoms with Crippen LogP contribution in [0.1, 0.15) is 13.3 Å². The fourth-order valence-corrected chi connectivity index (χ4v) is 2.97. The Bertz CT molecular complexity index is 537. The number of halogens is 1. The van der Waals surface area contributed by atoms with Gasteiger partial charge < -0.3 is 10.0 Å². The standard InChI is InChI=1S/C11H12BrN3O4/c1-6-7(11(16)17)2-3-14(6)10-8(12)4-13-5-9(10)15(18)19/h4-7H,2-3H2,1H3,(H,16,17). The van der Waals surface area contributed by atoms with Crippen LogP contribution in [0.25, 0.3) is 0 Å². The van der Waals surface area contributed by atoms with Crippen molar-refractivity contribution < 1.29 is 14.8 Å². The minimum atomic E-state index is -0.872. The van der Waals surface area contributed by atoms with Crippen molar-refractivity contribution in [1.29, 1.82) is 0 Å². The number of aliphatic carboxylic acids is 1. The Kier molecular flexibility index (Phi) is 3.70. The largest absolute Gasteiger partial charge is 0.481 e. The van der Waals surface area contributed by atoms with E-state index in [0.717, 1.165) is 0 Å². The molecule has 7 nitrogen and oxygen atoms in total. The number of carboxylic acids is 1. The van der Waals surface area contributed by atoms with E-state index in [1.54, 1.807) is 11.8 Å². The van der Waals surface area contributed by atoms with Gasteiger partial charge in [0.05, 0.1) is 15.3 Å². The molecule has 19 heavy (non-hydrogen) atoms. The lowest BCUT2D eigenvalue weighted by atomic mass is 10.0. The summed E-state index contributed by atoms with van der Waals surface area (Å²) >= 11 is 3.25. The van der Waals surface area contributed by atoms with Crippen molar-refractivity contribution in [3.63, 3.8) is 0 Å². The van der Waals surface area contributed by atoms with Crippen LogP contribution < -0.4 is 4.90 Å². The zero-order valence-electron chi connectivity index (χ0n) is 10.1. The van der Waals surface area contributed by atoms with Gasteiger partial charge in [-0.2, -0.15) is 0 Å². The summed E-state index contributed by atoms with van der Waals surface area (Å²) in [6, 6.07) is -0.296. The molecule has 2 unspecified atom stereocenters. The number of hydrogen-bond donors (Lipinski definition) is 1. The second-order valence-corrected chi connectivity index (χ2v) is 5.27. The van der Waals surface area contributed by atoms with Crippen molar-refractivity contribution in [1.82, 2.24) is 4.98 Å². The minimum absolute atomic E-state index is 0.118. The fourth-order valence-electron chi connectivity index (χ4n) is 2.42. The molecule has 1 fully saturated rings. The highest BCUT2D eigenvalue weighted by atomic mass is 79.9. The van der Waals surface area contributed by atoms with Gasteiger partial charge in [-0.1, -0.05) is 0 Å². The summed E-state index contributed by atoms with van der Waals surface area (Å²) in [7, 11) is 0. The monoisotopic (exact) mass is 329 g/mol. The molecule has 1 aromatic rings. The molecular formula is C11H12BrN3O4. The van der Waals surface area contributed by atoms with Crippen molar-refractivity contribution in [2.75, 3.05) is 11.4 Å². The second kappa shape index (κ2) is 5.12. The highest BCUT2D eigenvalue weighted by Crippen LogP contribution is 2.40. The lowest BCUT2D eigenvalue weighted by molar-refractivity contribution is -0.384. The summed E-state index contributed by atoms with van der Waals surface area (Å²) in [4.78, 5) is 27.2. The van der Waals surface area contributed by atoms with Crippen molar-refractivity contribution in [2.45, 2.75) is 19.4 Å². The third-order valence-corrected chi connectivity index (χ3v) is 3.99. The first-order chi connectivity index (χ1) is 8.93. The van der Waals surface area contributed by atoms with Gasteiger partial charge in [0.25, 0.3) is 0 Å². The van der Waals surface area contributed by atoms with E-state index in [0.29, 0.717) is 23.1 Å². The van der Waals surface area contributed by atoms with Crippen molar-refractivity contribution in [3.05, 3.63) is 27.0 Å². The molecule has 0 spiro atoms. The first-order valence-corrected chi connectivity index (χ1v) is 6.50. The van der Waals surface area contributed by atoms with E-state index >= 15 is 0 Å². The number of carboxylic acid groups (broad SMARTS) is 1. The average molecular weight is 330 g/mol. The highest BCUT2D eigenvalue weighted by Gasteiger charge is 2.39. The lowest BCUT2D eigenvalue weighted by Gasteiger charge is -2.25. The third-order valence-electron chi connectivity index (χ3n) is 3.41. The SMILES string of the molecule is CC1C(C(=O)O)CCN1c1c(Br)cncc1[N+](=O)[O-]. The number of pyridine rings is 1. The smallest absolute Gasteiger partial charge is 0.311 e. The molecule has 1 aliphatic rings. The average Bonchev–Trinajstić information content (AvgIpc) is 2.70. The highest BCUT2D eigenvalue weighted by molar-refractivity contribution is 9.10. The number of nitrogens with zero attached hydrogens (tertiary/aromatic N) is 3. The Morgan fingerprint density at radius 2 is 2.32 bits per heavy atom. The van der Waals surface area contributed by atoms with Crippen LogP contribution in [-0.2, 0) is 4.79 Å². The van der Waals surface area contributed by atoms with Crippen LogP contribution in [-0.4, -0.2) is 33.6 Å². The lowest BCUT2D eigenvalue weighted by Crippen LogP contribution is -2.33. The maximum atomic E-state index is 11.1. The summed E-state index contributed by atoms with van der Waals surface area (Å²) in [6.07, 6.45) is 3.13. The molecule has 2 heterocycles.